The number of halogens is 1. The van der Waals surface area contributed by atoms with Gasteiger partial charge in [-0.15, -0.1) is 0 Å². The van der Waals surface area contributed by atoms with Crippen LogP contribution in [0.1, 0.15) is 43.5 Å². The van der Waals surface area contributed by atoms with E-state index in [4.69, 9.17) is 11.6 Å². The van der Waals surface area contributed by atoms with Gasteiger partial charge in [0.1, 0.15) is 9.97 Å². The van der Waals surface area contributed by atoms with Crippen LogP contribution in [0.5, 0.6) is 0 Å². The Hall–Kier alpha value is -4.39. The molecule has 1 N–H and O–H groups in total. The molecule has 1 saturated heterocycles. The number of nitrogens with zero attached hydrogens (tertiary/aromatic N) is 3. The van der Waals surface area contributed by atoms with E-state index < -0.39 is 38.3 Å². The molecule has 13 heteroatoms. The summed E-state index contributed by atoms with van der Waals surface area (Å²) in [5.41, 5.74) is 1.12. The van der Waals surface area contributed by atoms with Crippen molar-refractivity contribution in [1.82, 2.24) is 4.98 Å². The van der Waals surface area contributed by atoms with Crippen LogP contribution >= 0.6 is 22.9 Å². The quantitative estimate of drug-likeness (QED) is 0.0832. The normalized spacial score (nSPS) is 16.9. The lowest BCUT2D eigenvalue weighted by Gasteiger charge is -2.24. The fourth-order valence-electron chi connectivity index (χ4n) is 4.62. The van der Waals surface area contributed by atoms with Gasteiger partial charge in [-0.2, -0.15) is 0 Å². The lowest BCUT2D eigenvalue weighted by molar-refractivity contribution is -0.384. The molecule has 0 bridgehead atoms. The van der Waals surface area contributed by atoms with E-state index in [0.717, 1.165) is 40.9 Å². The molecule has 1 aliphatic rings. The van der Waals surface area contributed by atoms with Gasteiger partial charge in [-0.05, 0) is 52.9 Å². The number of aliphatic hydroxyl groups excluding tert-OH is 1. The van der Waals surface area contributed by atoms with Crippen LogP contribution in [0.25, 0.3) is 5.76 Å². The highest BCUT2D eigenvalue weighted by Gasteiger charge is 2.48. The average molecular weight is 638 g/mol. The summed E-state index contributed by atoms with van der Waals surface area (Å²) >= 11 is 6.66. The Morgan fingerprint density at radius 2 is 1.60 bits per heavy atom. The van der Waals surface area contributed by atoms with Crippen molar-refractivity contribution in [1.29, 1.82) is 0 Å². The molecular weight excluding hydrogens is 614 g/mol. The summed E-state index contributed by atoms with van der Waals surface area (Å²) in [5.74, 6) is -2.38. The third-order valence-electron chi connectivity index (χ3n) is 6.96. The van der Waals surface area contributed by atoms with E-state index in [2.05, 4.69) is 4.98 Å². The molecule has 2 heterocycles. The van der Waals surface area contributed by atoms with Crippen molar-refractivity contribution in [3.8, 4) is 0 Å². The average Bonchev–Trinajstić information content (AvgIpc) is 3.56. The van der Waals surface area contributed by atoms with Gasteiger partial charge in [-0.3, -0.25) is 24.6 Å². The lowest BCUT2D eigenvalue weighted by atomic mass is 9.85. The zero-order chi connectivity index (χ0) is 31.3. The Bertz CT molecular complexity index is 1890. The highest BCUT2D eigenvalue weighted by Crippen LogP contribution is 2.44. The first-order valence-electron chi connectivity index (χ1n) is 12.8. The van der Waals surface area contributed by atoms with Gasteiger partial charge < -0.3 is 5.11 Å². The van der Waals surface area contributed by atoms with Crippen molar-refractivity contribution >= 4 is 61.0 Å². The van der Waals surface area contributed by atoms with Crippen LogP contribution in [0.3, 0.4) is 0 Å². The van der Waals surface area contributed by atoms with Crippen LogP contribution in [-0.2, 0) is 24.8 Å². The number of aromatic nitrogens is 1. The monoisotopic (exact) mass is 637 g/mol. The molecule has 0 aliphatic carbocycles. The summed E-state index contributed by atoms with van der Waals surface area (Å²) in [4.78, 5) is 42.4. The van der Waals surface area contributed by atoms with E-state index >= 15 is 0 Å². The van der Waals surface area contributed by atoms with Crippen LogP contribution in [0.2, 0.25) is 5.02 Å². The van der Waals surface area contributed by atoms with Gasteiger partial charge >= 0.3 is 5.91 Å². The molecule has 1 atom stereocenters. The molecule has 43 heavy (non-hydrogen) atoms. The van der Waals surface area contributed by atoms with Gasteiger partial charge in [0, 0.05) is 22.7 Å². The van der Waals surface area contributed by atoms with E-state index in [0.29, 0.717) is 21.9 Å². The van der Waals surface area contributed by atoms with Gasteiger partial charge in [0.2, 0.25) is 9.84 Å². The number of aliphatic hydroxyl groups is 1. The van der Waals surface area contributed by atoms with E-state index in [1.54, 1.807) is 12.1 Å². The number of rotatable bonds is 6. The van der Waals surface area contributed by atoms with Crippen LogP contribution in [-0.4, -0.2) is 35.1 Å². The number of benzene rings is 3. The zero-order valence-corrected chi connectivity index (χ0v) is 25.4. The van der Waals surface area contributed by atoms with Crippen LogP contribution in [0.4, 0.5) is 10.8 Å². The summed E-state index contributed by atoms with van der Waals surface area (Å²) in [6, 6.07) is 16.6. The molecule has 220 valence electrons. The van der Waals surface area contributed by atoms with Gasteiger partial charge in [0.25, 0.3) is 11.5 Å². The summed E-state index contributed by atoms with van der Waals surface area (Å²) in [6.07, 6.45) is 1.06. The first kappa shape index (κ1) is 30.1. The number of Topliss-reactive ketones (excluding diaryl/α,β-unsaturated/α-hetero) is 1. The van der Waals surface area contributed by atoms with Crippen molar-refractivity contribution in [3.05, 3.63) is 116 Å². The Morgan fingerprint density at radius 1 is 1.00 bits per heavy atom. The number of hydrogen-bond donors (Lipinski definition) is 1. The van der Waals surface area contributed by atoms with Crippen LogP contribution < -0.4 is 4.90 Å². The van der Waals surface area contributed by atoms with E-state index in [9.17, 15) is 33.2 Å². The second-order valence-corrected chi connectivity index (χ2v) is 14.4. The number of sulfone groups is 1. The molecule has 1 aromatic heterocycles. The molecule has 4 aromatic rings. The van der Waals surface area contributed by atoms with E-state index in [1.807, 2.05) is 32.9 Å². The number of amides is 1. The van der Waals surface area contributed by atoms with Gasteiger partial charge in [-0.25, -0.2) is 13.4 Å². The molecule has 0 radical (unpaired) electrons. The lowest BCUT2D eigenvalue weighted by Crippen LogP contribution is -2.29. The molecule has 1 aliphatic heterocycles. The molecule has 3 aromatic carbocycles. The summed E-state index contributed by atoms with van der Waals surface area (Å²) < 4.78 is 26.4. The SMILES string of the molecule is CC(C)(C)c1ccc([C@@H]2C(=C(O)c3ccc(Cl)cc3)C(=O)C(=O)N2c2ncc(S(=O)(=O)c3ccc([N+](=O)[O-])cc3)s2)cc1. The van der Waals surface area contributed by atoms with E-state index in [1.165, 1.54) is 24.3 Å². The number of thiazole rings is 1. The van der Waals surface area contributed by atoms with Crippen molar-refractivity contribution in [2.24, 2.45) is 0 Å². The fraction of sp³-hybridized carbons (Fsp3) is 0.167. The predicted molar refractivity (Wildman–Crippen MR) is 162 cm³/mol. The Morgan fingerprint density at radius 3 is 2.16 bits per heavy atom. The van der Waals surface area contributed by atoms with Crippen LogP contribution in [0, 0.1) is 10.1 Å². The number of ketones is 1. The standard InChI is InChI=1S/C30H24ClN3O7S2/c1-30(2,3)19-8-4-17(5-9-19)25-24(26(35)18-6-10-20(31)11-7-18)27(36)28(37)33(25)29-32-16-23(42-29)43(40,41)22-14-12-21(13-15-22)34(38)39/h4-16,25,35H,1-3H3/t25-/m1/s1. The molecule has 0 unspecified atom stereocenters. The topological polar surface area (TPSA) is 148 Å². The molecular formula is C30H24ClN3O7S2. The third-order valence-corrected chi connectivity index (χ3v) is 10.4. The Balaban J connectivity index is 1.63. The third kappa shape index (κ3) is 5.56. The number of carbonyl (C=O) groups is 2. The maximum absolute atomic E-state index is 13.5. The molecule has 10 nitrogen and oxygen atoms in total. The predicted octanol–water partition coefficient (Wildman–Crippen LogP) is 6.46. The molecule has 0 saturated carbocycles. The van der Waals surface area contributed by atoms with Crippen molar-refractivity contribution in [2.75, 3.05) is 4.90 Å². The second-order valence-electron chi connectivity index (χ2n) is 10.8. The molecule has 1 fully saturated rings. The highest BCUT2D eigenvalue weighted by atomic mass is 35.5. The first-order valence-corrected chi connectivity index (χ1v) is 15.5. The molecule has 1 amide bonds. The van der Waals surface area contributed by atoms with Gasteiger partial charge in [0.05, 0.1) is 27.6 Å². The number of hydrogen-bond acceptors (Lipinski definition) is 9. The number of carbonyl (C=O) groups excluding carboxylic acids is 2. The fourth-order valence-corrected chi connectivity index (χ4v) is 7.30. The Kier molecular flexibility index (Phi) is 7.71. The second kappa shape index (κ2) is 11.0. The number of non-ortho nitro benzene ring substituents is 1. The maximum Gasteiger partial charge on any atom is 0.301 e. The molecule has 5 rings (SSSR count). The Labute approximate surface area is 256 Å². The molecule has 0 spiro atoms. The first-order chi connectivity index (χ1) is 20.2. The highest BCUT2D eigenvalue weighted by molar-refractivity contribution is 7.93. The number of anilines is 1. The summed E-state index contributed by atoms with van der Waals surface area (Å²) in [7, 11) is -4.17. The maximum atomic E-state index is 13.5. The van der Waals surface area contributed by atoms with Crippen molar-refractivity contribution in [2.45, 2.75) is 41.3 Å². The van der Waals surface area contributed by atoms with Crippen molar-refractivity contribution < 1.29 is 28.0 Å². The van der Waals surface area contributed by atoms with Crippen LogP contribution in [0.15, 0.2) is 93.7 Å². The van der Waals surface area contributed by atoms with Gasteiger partial charge in [-0.1, -0.05) is 68.0 Å². The number of nitro benzene ring substituents is 1. The summed E-state index contributed by atoms with van der Waals surface area (Å²) in [5, 5.41) is 22.6. The summed E-state index contributed by atoms with van der Waals surface area (Å²) in [6.45, 7) is 6.12. The van der Waals surface area contributed by atoms with E-state index in [-0.39, 0.29) is 36.5 Å². The van der Waals surface area contributed by atoms with Crippen molar-refractivity contribution in [3.63, 3.8) is 0 Å². The minimum absolute atomic E-state index is 0.0809. The minimum atomic E-state index is -4.17. The zero-order valence-electron chi connectivity index (χ0n) is 23.0. The minimum Gasteiger partial charge on any atom is -0.507 e. The number of nitro groups is 1. The largest absolute Gasteiger partial charge is 0.507 e. The van der Waals surface area contributed by atoms with Gasteiger partial charge in [0.15, 0.2) is 5.13 Å². The smallest absolute Gasteiger partial charge is 0.301 e.